The Bertz CT molecular complexity index is 815. The first-order chi connectivity index (χ1) is 12.1. The number of carbonyl (C=O) groups is 2. The van der Waals surface area contributed by atoms with Crippen LogP contribution in [-0.4, -0.2) is 46.2 Å². The van der Waals surface area contributed by atoms with Crippen LogP contribution in [0.2, 0.25) is 0 Å². The van der Waals surface area contributed by atoms with Gasteiger partial charge in [0.2, 0.25) is 5.91 Å². The van der Waals surface area contributed by atoms with Crippen LogP contribution in [0.15, 0.2) is 30.5 Å². The maximum atomic E-state index is 14.0. The Morgan fingerprint density at radius 3 is 2.92 bits per heavy atom. The van der Waals surface area contributed by atoms with Crippen LogP contribution in [0.1, 0.15) is 29.6 Å². The number of likely N-dealkylation sites (tertiary alicyclic amines) is 1. The van der Waals surface area contributed by atoms with Crippen molar-refractivity contribution in [2.75, 3.05) is 13.2 Å². The van der Waals surface area contributed by atoms with E-state index >= 15 is 0 Å². The summed E-state index contributed by atoms with van der Waals surface area (Å²) in [5.74, 6) is -0.855. The summed E-state index contributed by atoms with van der Waals surface area (Å²) < 4.78 is 19.3. The molecule has 0 bridgehead atoms. The number of nitrogens with one attached hydrogen (secondary N) is 1. The molecule has 1 aliphatic heterocycles. The van der Waals surface area contributed by atoms with Gasteiger partial charge in [0, 0.05) is 30.5 Å². The molecule has 2 aromatic rings. The van der Waals surface area contributed by atoms with E-state index in [1.807, 2.05) is 4.90 Å². The summed E-state index contributed by atoms with van der Waals surface area (Å²) >= 11 is 0. The maximum Gasteiger partial charge on any atom is 0.342 e. The topological polar surface area (TPSA) is 75.3 Å². The van der Waals surface area contributed by atoms with Gasteiger partial charge in [-0.05, 0) is 25.0 Å². The van der Waals surface area contributed by atoms with Crippen LogP contribution in [0.5, 0.6) is 0 Å². The van der Waals surface area contributed by atoms with Gasteiger partial charge in [-0.25, -0.2) is 9.18 Å². The first kappa shape index (κ1) is 15.8. The van der Waals surface area contributed by atoms with Gasteiger partial charge in [0.15, 0.2) is 0 Å². The summed E-state index contributed by atoms with van der Waals surface area (Å²) in [5.41, 5.74) is 0.751. The standard InChI is InChI=1S/C18H18FN3O3/c19-15-4-2-1-3-13(15)17-14(8-20-21-17)18(24)25-10-11-7-16(23)22(9-11)12-5-6-12/h1-4,8,11-12H,5-7,9-10H2,(H,20,21)/t11-/m0/s1. The van der Waals surface area contributed by atoms with E-state index in [1.54, 1.807) is 18.2 Å². The van der Waals surface area contributed by atoms with Crippen molar-refractivity contribution in [1.82, 2.24) is 15.1 Å². The first-order valence-electron chi connectivity index (χ1n) is 8.38. The highest BCUT2D eigenvalue weighted by molar-refractivity contribution is 5.96. The fourth-order valence-electron chi connectivity index (χ4n) is 3.24. The van der Waals surface area contributed by atoms with Gasteiger partial charge in [0.25, 0.3) is 0 Å². The molecular formula is C18H18FN3O3. The third kappa shape index (κ3) is 3.14. The predicted molar refractivity (Wildman–Crippen MR) is 87.1 cm³/mol. The van der Waals surface area contributed by atoms with Crippen molar-refractivity contribution >= 4 is 11.9 Å². The molecule has 2 fully saturated rings. The van der Waals surface area contributed by atoms with E-state index in [-0.39, 0.29) is 29.6 Å². The smallest absolute Gasteiger partial charge is 0.342 e. The first-order valence-corrected chi connectivity index (χ1v) is 8.38. The number of hydrogen-bond acceptors (Lipinski definition) is 4. The van der Waals surface area contributed by atoms with Gasteiger partial charge in [0.05, 0.1) is 18.5 Å². The van der Waals surface area contributed by atoms with Crippen molar-refractivity contribution < 1.29 is 18.7 Å². The zero-order valence-electron chi connectivity index (χ0n) is 13.6. The Morgan fingerprint density at radius 2 is 2.16 bits per heavy atom. The lowest BCUT2D eigenvalue weighted by molar-refractivity contribution is -0.128. The highest BCUT2D eigenvalue weighted by Crippen LogP contribution is 2.33. The summed E-state index contributed by atoms with van der Waals surface area (Å²) in [7, 11) is 0. The van der Waals surface area contributed by atoms with Crippen molar-refractivity contribution in [1.29, 1.82) is 0 Å². The molecule has 1 aromatic heterocycles. The molecule has 2 heterocycles. The van der Waals surface area contributed by atoms with Crippen molar-refractivity contribution in [3.63, 3.8) is 0 Å². The van der Waals surface area contributed by atoms with Gasteiger partial charge in [-0.15, -0.1) is 0 Å². The molecule has 1 saturated carbocycles. The molecule has 0 unspecified atom stereocenters. The molecule has 1 N–H and O–H groups in total. The van der Waals surface area contributed by atoms with Crippen LogP contribution in [-0.2, 0) is 9.53 Å². The van der Waals surface area contributed by atoms with E-state index in [2.05, 4.69) is 10.2 Å². The number of nitrogens with zero attached hydrogens (tertiary/aromatic N) is 2. The molecule has 0 radical (unpaired) electrons. The lowest BCUT2D eigenvalue weighted by Crippen LogP contribution is -2.27. The highest BCUT2D eigenvalue weighted by Gasteiger charge is 2.39. The van der Waals surface area contributed by atoms with Gasteiger partial charge < -0.3 is 9.64 Å². The molecule has 1 amide bonds. The van der Waals surface area contributed by atoms with Crippen molar-refractivity contribution in [2.24, 2.45) is 5.92 Å². The number of rotatable bonds is 5. The number of H-pyrrole nitrogens is 1. The molecule has 2 aliphatic rings. The fraction of sp³-hybridized carbons (Fsp3) is 0.389. The maximum absolute atomic E-state index is 14.0. The fourth-order valence-corrected chi connectivity index (χ4v) is 3.24. The molecule has 1 saturated heterocycles. The minimum absolute atomic E-state index is 0.0147. The molecule has 1 atom stereocenters. The lowest BCUT2D eigenvalue weighted by atomic mass is 10.1. The average molecular weight is 343 g/mol. The number of hydrogen-bond donors (Lipinski definition) is 1. The van der Waals surface area contributed by atoms with E-state index in [1.165, 1.54) is 12.3 Å². The summed E-state index contributed by atoms with van der Waals surface area (Å²) in [5, 5.41) is 6.50. The van der Waals surface area contributed by atoms with Gasteiger partial charge in [-0.1, -0.05) is 12.1 Å². The Kier molecular flexibility index (Phi) is 3.99. The third-order valence-corrected chi connectivity index (χ3v) is 4.68. The number of carbonyl (C=O) groups excluding carboxylic acids is 2. The van der Waals surface area contributed by atoms with E-state index in [0.29, 0.717) is 24.7 Å². The number of halogens is 1. The molecular weight excluding hydrogens is 325 g/mol. The molecule has 6 nitrogen and oxygen atoms in total. The van der Waals surface area contributed by atoms with Crippen LogP contribution < -0.4 is 0 Å². The number of aromatic amines is 1. The zero-order valence-corrected chi connectivity index (χ0v) is 13.6. The molecule has 130 valence electrons. The summed E-state index contributed by atoms with van der Waals surface area (Å²) in [4.78, 5) is 26.2. The average Bonchev–Trinajstić information content (AvgIpc) is 3.20. The SMILES string of the molecule is O=C(OC[C@H]1CC(=O)N(C2CC2)C1)c1cn[nH]c1-c1ccccc1F. The Labute approximate surface area is 144 Å². The minimum Gasteiger partial charge on any atom is -0.462 e. The molecule has 7 heteroatoms. The van der Waals surface area contributed by atoms with Gasteiger partial charge >= 0.3 is 5.97 Å². The number of aromatic nitrogens is 2. The van der Waals surface area contributed by atoms with E-state index in [4.69, 9.17) is 4.74 Å². The molecule has 1 aliphatic carbocycles. The third-order valence-electron chi connectivity index (χ3n) is 4.68. The Hall–Kier alpha value is -2.70. The van der Waals surface area contributed by atoms with Crippen molar-refractivity contribution in [3.8, 4) is 11.3 Å². The van der Waals surface area contributed by atoms with Gasteiger partial charge in [0.1, 0.15) is 11.4 Å². The number of amides is 1. The van der Waals surface area contributed by atoms with Crippen LogP contribution in [0, 0.1) is 11.7 Å². The normalized spacial score (nSPS) is 20.1. The molecule has 4 rings (SSSR count). The quantitative estimate of drug-likeness (QED) is 0.846. The monoisotopic (exact) mass is 343 g/mol. The van der Waals surface area contributed by atoms with E-state index in [9.17, 15) is 14.0 Å². The number of ether oxygens (including phenoxy) is 1. The lowest BCUT2D eigenvalue weighted by Gasteiger charge is -2.15. The van der Waals surface area contributed by atoms with Gasteiger partial charge in [-0.2, -0.15) is 5.10 Å². The van der Waals surface area contributed by atoms with Crippen molar-refractivity contribution in [2.45, 2.75) is 25.3 Å². The highest BCUT2D eigenvalue weighted by atomic mass is 19.1. The zero-order chi connectivity index (χ0) is 17.4. The Morgan fingerprint density at radius 1 is 1.36 bits per heavy atom. The van der Waals surface area contributed by atoms with Crippen LogP contribution in [0.3, 0.4) is 0 Å². The second kappa shape index (κ2) is 6.31. The number of benzene rings is 1. The van der Waals surface area contributed by atoms with E-state index < -0.39 is 11.8 Å². The summed E-state index contributed by atoms with van der Waals surface area (Å²) in [6, 6.07) is 6.54. The van der Waals surface area contributed by atoms with Crippen LogP contribution >= 0.6 is 0 Å². The summed E-state index contributed by atoms with van der Waals surface area (Å²) in [6.45, 7) is 0.817. The second-order valence-electron chi connectivity index (χ2n) is 6.58. The van der Waals surface area contributed by atoms with Crippen LogP contribution in [0.25, 0.3) is 11.3 Å². The number of esters is 1. The predicted octanol–water partition coefficient (Wildman–Crippen LogP) is 2.38. The van der Waals surface area contributed by atoms with Gasteiger partial charge in [-0.3, -0.25) is 9.89 Å². The van der Waals surface area contributed by atoms with Crippen molar-refractivity contribution in [3.05, 3.63) is 41.8 Å². The second-order valence-corrected chi connectivity index (χ2v) is 6.58. The summed E-state index contributed by atoms with van der Waals surface area (Å²) in [6.07, 6.45) is 3.88. The van der Waals surface area contributed by atoms with E-state index in [0.717, 1.165) is 12.8 Å². The Balaban J connectivity index is 1.42. The minimum atomic E-state index is -0.565. The van der Waals surface area contributed by atoms with Crippen LogP contribution in [0.4, 0.5) is 4.39 Å². The molecule has 1 aromatic carbocycles. The molecule has 0 spiro atoms. The molecule has 25 heavy (non-hydrogen) atoms. The largest absolute Gasteiger partial charge is 0.462 e.